The highest BCUT2D eigenvalue weighted by atomic mass is 32.1. The van der Waals surface area contributed by atoms with Crippen LogP contribution in [0, 0.1) is 5.82 Å². The van der Waals surface area contributed by atoms with Gasteiger partial charge in [-0.25, -0.2) is 4.39 Å². The SMILES string of the molecule is COc1ccc([C@H](CNC(=S)Nc2ccc(F)cc2)N2CCCCC2)cc1. The van der Waals surface area contributed by atoms with Crippen molar-refractivity contribution in [2.45, 2.75) is 25.3 Å². The molecule has 1 fully saturated rings. The van der Waals surface area contributed by atoms with E-state index in [0.29, 0.717) is 11.7 Å². The average Bonchev–Trinajstić information content (AvgIpc) is 2.71. The van der Waals surface area contributed by atoms with Crippen LogP contribution in [0.3, 0.4) is 0 Å². The topological polar surface area (TPSA) is 36.5 Å². The van der Waals surface area contributed by atoms with E-state index >= 15 is 0 Å². The summed E-state index contributed by atoms with van der Waals surface area (Å²) in [5.41, 5.74) is 2.02. The van der Waals surface area contributed by atoms with Crippen molar-refractivity contribution in [3.05, 3.63) is 59.9 Å². The zero-order chi connectivity index (χ0) is 19.1. The van der Waals surface area contributed by atoms with Crippen LogP contribution in [0.5, 0.6) is 5.75 Å². The molecule has 0 spiro atoms. The minimum atomic E-state index is -0.260. The molecule has 0 saturated carbocycles. The van der Waals surface area contributed by atoms with Gasteiger partial charge in [-0.1, -0.05) is 18.6 Å². The molecule has 3 rings (SSSR count). The van der Waals surface area contributed by atoms with Gasteiger partial charge in [0, 0.05) is 12.2 Å². The van der Waals surface area contributed by atoms with Gasteiger partial charge in [0.15, 0.2) is 5.11 Å². The number of thiocarbonyl (C=S) groups is 1. The molecule has 0 amide bonds. The molecule has 1 atom stereocenters. The van der Waals surface area contributed by atoms with Gasteiger partial charge < -0.3 is 15.4 Å². The van der Waals surface area contributed by atoms with Crippen molar-refractivity contribution in [1.29, 1.82) is 0 Å². The molecule has 1 aliphatic rings. The predicted molar refractivity (Wildman–Crippen MR) is 112 cm³/mol. The number of nitrogens with zero attached hydrogens (tertiary/aromatic N) is 1. The monoisotopic (exact) mass is 387 g/mol. The van der Waals surface area contributed by atoms with Gasteiger partial charge in [0.25, 0.3) is 0 Å². The van der Waals surface area contributed by atoms with Crippen LogP contribution < -0.4 is 15.4 Å². The lowest BCUT2D eigenvalue weighted by Gasteiger charge is -2.35. The van der Waals surface area contributed by atoms with E-state index in [1.165, 1.54) is 37.0 Å². The van der Waals surface area contributed by atoms with Crippen LogP contribution in [0.2, 0.25) is 0 Å². The molecule has 0 bridgehead atoms. The summed E-state index contributed by atoms with van der Waals surface area (Å²) in [7, 11) is 1.68. The lowest BCUT2D eigenvalue weighted by Crippen LogP contribution is -2.41. The van der Waals surface area contributed by atoms with Crippen LogP contribution in [0.25, 0.3) is 0 Å². The maximum atomic E-state index is 13.0. The predicted octanol–water partition coefficient (Wildman–Crippen LogP) is 4.35. The first-order valence-electron chi connectivity index (χ1n) is 9.34. The first-order chi connectivity index (χ1) is 13.2. The Balaban J connectivity index is 1.64. The number of benzene rings is 2. The summed E-state index contributed by atoms with van der Waals surface area (Å²) in [6.07, 6.45) is 3.75. The highest BCUT2D eigenvalue weighted by Gasteiger charge is 2.22. The Labute approximate surface area is 165 Å². The van der Waals surface area contributed by atoms with Crippen molar-refractivity contribution in [1.82, 2.24) is 10.2 Å². The van der Waals surface area contributed by atoms with Crippen molar-refractivity contribution < 1.29 is 9.13 Å². The molecule has 6 heteroatoms. The molecule has 2 aromatic rings. The van der Waals surface area contributed by atoms with Crippen molar-refractivity contribution >= 4 is 23.0 Å². The molecule has 0 aromatic heterocycles. The summed E-state index contributed by atoms with van der Waals surface area (Å²) in [4.78, 5) is 2.51. The number of rotatable bonds is 6. The Hall–Kier alpha value is -2.18. The second kappa shape index (κ2) is 9.67. The minimum Gasteiger partial charge on any atom is -0.497 e. The molecular formula is C21H26FN3OS. The summed E-state index contributed by atoms with van der Waals surface area (Å²) in [6.45, 7) is 2.90. The molecule has 27 heavy (non-hydrogen) atoms. The zero-order valence-electron chi connectivity index (χ0n) is 15.6. The van der Waals surface area contributed by atoms with Gasteiger partial charge in [-0.05, 0) is 80.1 Å². The van der Waals surface area contributed by atoms with Crippen LogP contribution in [-0.2, 0) is 0 Å². The quantitative estimate of drug-likeness (QED) is 0.721. The number of piperidine rings is 1. The third-order valence-corrected chi connectivity index (χ3v) is 5.14. The second-order valence-electron chi connectivity index (χ2n) is 6.73. The van der Waals surface area contributed by atoms with Gasteiger partial charge in [0.2, 0.25) is 0 Å². The third-order valence-electron chi connectivity index (χ3n) is 4.89. The molecule has 1 aliphatic heterocycles. The van der Waals surface area contributed by atoms with Gasteiger partial charge in [-0.3, -0.25) is 4.90 Å². The maximum absolute atomic E-state index is 13.0. The van der Waals surface area contributed by atoms with Crippen molar-refractivity contribution in [3.8, 4) is 5.75 Å². The highest BCUT2D eigenvalue weighted by Crippen LogP contribution is 2.26. The molecule has 2 aromatic carbocycles. The number of hydrogen-bond donors (Lipinski definition) is 2. The van der Waals surface area contributed by atoms with Crippen molar-refractivity contribution in [2.24, 2.45) is 0 Å². The van der Waals surface area contributed by atoms with Crippen LogP contribution >= 0.6 is 12.2 Å². The number of nitrogens with one attached hydrogen (secondary N) is 2. The van der Waals surface area contributed by atoms with E-state index in [0.717, 1.165) is 24.5 Å². The first kappa shape index (κ1) is 19.6. The fourth-order valence-electron chi connectivity index (χ4n) is 3.41. The molecule has 1 heterocycles. The third kappa shape index (κ3) is 5.65. The smallest absolute Gasteiger partial charge is 0.170 e. The van der Waals surface area contributed by atoms with E-state index in [2.05, 4.69) is 27.7 Å². The minimum absolute atomic E-state index is 0.240. The molecule has 0 radical (unpaired) electrons. The Bertz CT molecular complexity index is 730. The summed E-state index contributed by atoms with van der Waals surface area (Å²) in [5, 5.41) is 6.98. The van der Waals surface area contributed by atoms with Crippen LogP contribution in [0.4, 0.5) is 10.1 Å². The van der Waals surface area contributed by atoms with E-state index in [4.69, 9.17) is 17.0 Å². The number of anilines is 1. The fraction of sp³-hybridized carbons (Fsp3) is 0.381. The summed E-state index contributed by atoms with van der Waals surface area (Å²) < 4.78 is 18.3. The van der Waals surface area contributed by atoms with E-state index in [1.807, 2.05) is 12.1 Å². The first-order valence-corrected chi connectivity index (χ1v) is 9.75. The van der Waals surface area contributed by atoms with E-state index < -0.39 is 0 Å². The Morgan fingerprint density at radius 2 is 1.74 bits per heavy atom. The van der Waals surface area contributed by atoms with Gasteiger partial charge in [-0.15, -0.1) is 0 Å². The van der Waals surface area contributed by atoms with Gasteiger partial charge >= 0.3 is 0 Å². The summed E-state index contributed by atoms with van der Waals surface area (Å²) in [6, 6.07) is 14.7. The molecule has 2 N–H and O–H groups in total. The normalized spacial score (nSPS) is 15.8. The molecular weight excluding hydrogens is 361 g/mol. The molecule has 0 aliphatic carbocycles. The lowest BCUT2D eigenvalue weighted by atomic mass is 10.0. The van der Waals surface area contributed by atoms with Crippen LogP contribution in [0.15, 0.2) is 48.5 Å². The largest absolute Gasteiger partial charge is 0.497 e. The average molecular weight is 388 g/mol. The van der Waals surface area contributed by atoms with Crippen molar-refractivity contribution in [3.63, 3.8) is 0 Å². The number of halogens is 1. The Morgan fingerprint density at radius 1 is 1.07 bits per heavy atom. The lowest BCUT2D eigenvalue weighted by molar-refractivity contribution is 0.164. The summed E-state index contributed by atoms with van der Waals surface area (Å²) in [5.74, 6) is 0.599. The molecule has 1 saturated heterocycles. The highest BCUT2D eigenvalue weighted by molar-refractivity contribution is 7.80. The van der Waals surface area contributed by atoms with E-state index in [-0.39, 0.29) is 11.9 Å². The number of hydrogen-bond acceptors (Lipinski definition) is 3. The van der Waals surface area contributed by atoms with Crippen LogP contribution in [-0.4, -0.2) is 36.8 Å². The second-order valence-corrected chi connectivity index (χ2v) is 7.14. The van der Waals surface area contributed by atoms with E-state index in [9.17, 15) is 4.39 Å². The molecule has 0 unspecified atom stereocenters. The van der Waals surface area contributed by atoms with Crippen LogP contribution in [0.1, 0.15) is 30.9 Å². The number of likely N-dealkylation sites (tertiary alicyclic amines) is 1. The maximum Gasteiger partial charge on any atom is 0.170 e. The Kier molecular flexibility index (Phi) is 7.01. The standard InChI is InChI=1S/C21H26FN3OS/c1-26-19-11-5-16(6-12-19)20(25-13-3-2-4-14-25)15-23-21(27)24-18-9-7-17(22)8-10-18/h5-12,20H,2-4,13-15H2,1H3,(H2,23,24,27)/t20-/m0/s1. The number of ether oxygens (including phenoxy) is 1. The van der Waals surface area contributed by atoms with Gasteiger partial charge in [-0.2, -0.15) is 0 Å². The van der Waals surface area contributed by atoms with Crippen molar-refractivity contribution in [2.75, 3.05) is 32.1 Å². The molecule has 4 nitrogen and oxygen atoms in total. The Morgan fingerprint density at radius 3 is 2.37 bits per heavy atom. The van der Waals surface area contributed by atoms with Gasteiger partial charge in [0.1, 0.15) is 11.6 Å². The van der Waals surface area contributed by atoms with Gasteiger partial charge in [0.05, 0.1) is 13.2 Å². The summed E-state index contributed by atoms with van der Waals surface area (Å²) >= 11 is 5.42. The number of methoxy groups -OCH3 is 1. The zero-order valence-corrected chi connectivity index (χ0v) is 16.4. The fourth-order valence-corrected chi connectivity index (χ4v) is 3.61. The molecule has 144 valence electrons. The van der Waals surface area contributed by atoms with E-state index in [1.54, 1.807) is 19.2 Å².